The van der Waals surface area contributed by atoms with Crippen molar-refractivity contribution >= 4 is 56.6 Å². The minimum Gasteiger partial charge on any atom is -0.321 e. The van der Waals surface area contributed by atoms with Gasteiger partial charge in [0.2, 0.25) is 0 Å². The Kier molecular flexibility index (Phi) is 4.25. The van der Waals surface area contributed by atoms with Crippen molar-refractivity contribution in [2.45, 2.75) is 25.8 Å². The summed E-state index contributed by atoms with van der Waals surface area (Å²) in [6, 6.07) is 5.41. The van der Waals surface area contributed by atoms with Gasteiger partial charge in [0.25, 0.3) is 0 Å². The maximum atomic E-state index is 13.9. The van der Waals surface area contributed by atoms with Gasteiger partial charge in [-0.1, -0.05) is 0 Å². The number of rotatable bonds is 3. The normalized spacial score (nSPS) is 13.0. The number of alkyl halides is 1. The van der Waals surface area contributed by atoms with Gasteiger partial charge in [-0.3, -0.25) is 0 Å². The minimum atomic E-state index is -0.224. The number of nitrogens with zero attached hydrogens (tertiary/aromatic N) is 2. The number of aryl methyl sites for hydroxylation is 1. The molecule has 3 aromatic rings. The van der Waals surface area contributed by atoms with Crippen molar-refractivity contribution < 1.29 is 4.39 Å². The van der Waals surface area contributed by atoms with E-state index in [1.165, 1.54) is 10.4 Å². The second-order valence-electron chi connectivity index (χ2n) is 4.95. The van der Waals surface area contributed by atoms with Crippen molar-refractivity contribution in [3.05, 3.63) is 49.2 Å². The van der Waals surface area contributed by atoms with Crippen LogP contribution in [0.5, 0.6) is 0 Å². The zero-order chi connectivity index (χ0) is 15.1. The molecule has 6 heteroatoms. The highest BCUT2D eigenvalue weighted by Crippen LogP contribution is 2.29. The maximum absolute atomic E-state index is 13.9. The van der Waals surface area contributed by atoms with E-state index in [0.29, 0.717) is 10.1 Å². The van der Waals surface area contributed by atoms with E-state index in [4.69, 9.17) is 11.6 Å². The van der Waals surface area contributed by atoms with Crippen molar-refractivity contribution in [2.75, 3.05) is 0 Å². The molecule has 1 atom stereocenters. The molecule has 2 aromatic heterocycles. The van der Waals surface area contributed by atoms with Crippen LogP contribution in [0.15, 0.2) is 23.6 Å². The number of halogens is 3. The molecule has 0 fully saturated rings. The molecule has 110 valence electrons. The zero-order valence-corrected chi connectivity index (χ0v) is 15.3. The minimum absolute atomic E-state index is 0.221. The Labute approximate surface area is 145 Å². The lowest BCUT2D eigenvalue weighted by molar-refractivity contribution is 0.621. The van der Waals surface area contributed by atoms with Gasteiger partial charge < -0.3 is 4.57 Å². The highest BCUT2D eigenvalue weighted by atomic mass is 127. The van der Waals surface area contributed by atoms with E-state index in [-0.39, 0.29) is 11.2 Å². The van der Waals surface area contributed by atoms with E-state index >= 15 is 0 Å². The predicted molar refractivity (Wildman–Crippen MR) is 94.8 cm³/mol. The van der Waals surface area contributed by atoms with Crippen molar-refractivity contribution in [3.63, 3.8) is 0 Å². The summed E-state index contributed by atoms with van der Waals surface area (Å²) in [5, 5.41) is 1.84. The SMILES string of the molecule is Cc1ccsc1Cn1c(C(C)Cl)nc2cc(I)c(F)cc21. The van der Waals surface area contributed by atoms with E-state index in [9.17, 15) is 4.39 Å². The molecule has 0 saturated heterocycles. The van der Waals surface area contributed by atoms with E-state index < -0.39 is 0 Å². The zero-order valence-electron chi connectivity index (χ0n) is 11.5. The summed E-state index contributed by atoms with van der Waals surface area (Å²) in [7, 11) is 0. The Hall–Kier alpha value is -0.660. The van der Waals surface area contributed by atoms with Crippen LogP contribution in [0.3, 0.4) is 0 Å². The summed E-state index contributed by atoms with van der Waals surface area (Å²) in [6.45, 7) is 4.65. The molecular weight excluding hydrogens is 422 g/mol. The smallest absolute Gasteiger partial charge is 0.138 e. The Morgan fingerprint density at radius 3 is 2.86 bits per heavy atom. The molecule has 0 bridgehead atoms. The monoisotopic (exact) mass is 434 g/mol. The Morgan fingerprint density at radius 1 is 1.48 bits per heavy atom. The maximum Gasteiger partial charge on any atom is 0.138 e. The first kappa shape index (κ1) is 15.2. The molecule has 1 unspecified atom stereocenters. The molecule has 0 saturated carbocycles. The molecule has 0 amide bonds. The molecule has 3 rings (SSSR count). The Balaban J connectivity index is 2.20. The molecule has 0 spiro atoms. The number of thiophene rings is 1. The van der Waals surface area contributed by atoms with Gasteiger partial charge in [0.05, 0.1) is 26.5 Å². The van der Waals surface area contributed by atoms with Gasteiger partial charge in [0.1, 0.15) is 11.6 Å². The number of benzene rings is 1. The van der Waals surface area contributed by atoms with E-state index in [2.05, 4.69) is 23.4 Å². The predicted octanol–water partition coefficient (Wildman–Crippen LogP) is 5.50. The fourth-order valence-corrected chi connectivity index (χ4v) is 3.83. The van der Waals surface area contributed by atoms with Gasteiger partial charge in [0, 0.05) is 10.9 Å². The second-order valence-corrected chi connectivity index (χ2v) is 7.77. The van der Waals surface area contributed by atoms with Crippen molar-refractivity contribution in [3.8, 4) is 0 Å². The van der Waals surface area contributed by atoms with Gasteiger partial charge in [0.15, 0.2) is 0 Å². The number of aromatic nitrogens is 2. The van der Waals surface area contributed by atoms with Crippen molar-refractivity contribution in [2.24, 2.45) is 0 Å². The molecule has 1 aromatic carbocycles. The summed E-state index contributed by atoms with van der Waals surface area (Å²) in [6.07, 6.45) is 0. The molecule has 0 N–H and O–H groups in total. The van der Waals surface area contributed by atoms with Crippen LogP contribution in [-0.2, 0) is 6.54 Å². The van der Waals surface area contributed by atoms with E-state index in [1.54, 1.807) is 23.5 Å². The molecular formula is C15H13ClFIN2S. The van der Waals surface area contributed by atoms with Crippen molar-refractivity contribution in [1.29, 1.82) is 0 Å². The van der Waals surface area contributed by atoms with Gasteiger partial charge in [-0.2, -0.15) is 0 Å². The average molecular weight is 435 g/mol. The summed E-state index contributed by atoms with van der Waals surface area (Å²) >= 11 is 9.94. The number of hydrogen-bond acceptors (Lipinski definition) is 2. The van der Waals surface area contributed by atoms with Crippen LogP contribution in [0.25, 0.3) is 11.0 Å². The summed E-state index contributed by atoms with van der Waals surface area (Å²) in [5.74, 6) is 0.557. The third-order valence-corrected chi connectivity index (χ3v) is 5.48. The number of hydrogen-bond donors (Lipinski definition) is 0. The molecule has 0 aliphatic rings. The van der Waals surface area contributed by atoms with Gasteiger partial charge in [-0.25, -0.2) is 9.37 Å². The van der Waals surface area contributed by atoms with Crippen LogP contribution in [0, 0.1) is 16.3 Å². The van der Waals surface area contributed by atoms with Crippen LogP contribution in [-0.4, -0.2) is 9.55 Å². The standard InChI is InChI=1S/C15H13ClFIN2S/c1-8-3-4-21-14(8)7-20-13-5-10(17)11(18)6-12(13)19-15(20)9(2)16/h3-6,9H,7H2,1-2H3. The Morgan fingerprint density at radius 2 is 2.24 bits per heavy atom. The molecule has 0 aliphatic heterocycles. The fourth-order valence-electron chi connectivity index (χ4n) is 2.32. The number of fused-ring (bicyclic) bond motifs is 1. The third kappa shape index (κ3) is 2.83. The summed E-state index contributed by atoms with van der Waals surface area (Å²) in [5.41, 5.74) is 2.82. The lowest BCUT2D eigenvalue weighted by Gasteiger charge is -2.10. The molecule has 0 radical (unpaired) electrons. The molecule has 21 heavy (non-hydrogen) atoms. The lowest BCUT2D eigenvalue weighted by atomic mass is 10.2. The Bertz CT molecular complexity index is 809. The topological polar surface area (TPSA) is 17.8 Å². The molecule has 2 heterocycles. The van der Waals surface area contributed by atoms with Crippen LogP contribution in [0.4, 0.5) is 4.39 Å². The summed E-state index contributed by atoms with van der Waals surface area (Å²) in [4.78, 5) is 5.83. The quantitative estimate of drug-likeness (QED) is 0.393. The van der Waals surface area contributed by atoms with Gasteiger partial charge in [-0.05, 0) is 59.5 Å². The third-order valence-electron chi connectivity index (χ3n) is 3.45. The first-order chi connectivity index (χ1) is 9.97. The van der Waals surface area contributed by atoms with Crippen LogP contribution < -0.4 is 0 Å². The first-order valence-corrected chi connectivity index (χ1v) is 8.89. The second kappa shape index (κ2) is 5.85. The van der Waals surface area contributed by atoms with Crippen molar-refractivity contribution in [1.82, 2.24) is 9.55 Å². The highest BCUT2D eigenvalue weighted by Gasteiger charge is 2.17. The van der Waals surface area contributed by atoms with E-state index in [1.807, 2.05) is 34.1 Å². The van der Waals surface area contributed by atoms with Crippen LogP contribution in [0.1, 0.15) is 28.6 Å². The molecule has 2 nitrogen and oxygen atoms in total. The fraction of sp³-hybridized carbons (Fsp3) is 0.267. The first-order valence-electron chi connectivity index (χ1n) is 6.49. The van der Waals surface area contributed by atoms with Crippen LogP contribution in [0.2, 0.25) is 0 Å². The molecule has 0 aliphatic carbocycles. The lowest BCUT2D eigenvalue weighted by Crippen LogP contribution is -2.05. The largest absolute Gasteiger partial charge is 0.321 e. The van der Waals surface area contributed by atoms with Crippen LogP contribution >= 0.6 is 45.5 Å². The van der Waals surface area contributed by atoms with E-state index in [0.717, 1.165) is 16.9 Å². The average Bonchev–Trinajstić information content (AvgIpc) is 2.97. The van der Waals surface area contributed by atoms with Gasteiger partial charge >= 0.3 is 0 Å². The number of imidazole rings is 1. The summed E-state index contributed by atoms with van der Waals surface area (Å²) < 4.78 is 16.5. The highest BCUT2D eigenvalue weighted by molar-refractivity contribution is 14.1. The van der Waals surface area contributed by atoms with Gasteiger partial charge in [-0.15, -0.1) is 22.9 Å².